The fourth-order valence-corrected chi connectivity index (χ4v) is 5.35. The summed E-state index contributed by atoms with van der Waals surface area (Å²) >= 11 is 0. The van der Waals surface area contributed by atoms with Crippen molar-refractivity contribution in [1.82, 2.24) is 9.97 Å². The van der Waals surface area contributed by atoms with Gasteiger partial charge in [0, 0.05) is 0 Å². The van der Waals surface area contributed by atoms with Crippen LogP contribution >= 0.6 is 0 Å². The summed E-state index contributed by atoms with van der Waals surface area (Å²) in [5, 5.41) is 35.5. The molecule has 0 radical (unpaired) electrons. The summed E-state index contributed by atoms with van der Waals surface area (Å²) in [6.45, 7) is 0. The molecular weight excluding hydrogens is 732 g/mol. The molecule has 0 fully saturated rings. The Morgan fingerprint density at radius 1 is 0.333 bits per heavy atom. The van der Waals surface area contributed by atoms with Gasteiger partial charge in [-0.05, 0) is 35.0 Å². The van der Waals surface area contributed by atoms with E-state index in [1.165, 1.54) is 36.4 Å². The third-order valence-corrected chi connectivity index (χ3v) is 7.55. The molecule has 5 aromatic heterocycles. The average Bonchev–Trinajstić information content (AvgIpc) is 3.79. The van der Waals surface area contributed by atoms with Crippen LogP contribution in [0.1, 0.15) is 42.0 Å². The number of carboxylic acids is 4. The zero-order valence-electron chi connectivity index (χ0n) is 25.7. The molecule has 0 spiro atoms. The van der Waals surface area contributed by atoms with Crippen LogP contribution in [-0.4, -0.2) is 54.3 Å². The fraction of sp³-hybridized carbons (Fsp3) is 0. The van der Waals surface area contributed by atoms with Crippen molar-refractivity contribution in [1.29, 1.82) is 0 Å². The van der Waals surface area contributed by atoms with E-state index >= 15 is 0 Å². The monoisotopic (exact) mass is 742 g/mol. The molecule has 22 heteroatoms. The Morgan fingerprint density at radius 3 is 0.778 bits per heavy atom. The number of furan rings is 4. The van der Waals surface area contributed by atoms with E-state index in [-0.39, 0.29) is 43.1 Å². The molecular formula is C32H10N2O20. The van der Waals surface area contributed by atoms with Crippen LogP contribution in [0.25, 0.3) is 53.9 Å². The predicted octanol–water partition coefficient (Wildman–Crippen LogP) is -0.587. The maximum atomic E-state index is 11.7. The minimum atomic E-state index is -1.83. The van der Waals surface area contributed by atoms with Crippen LogP contribution in [0.4, 0.5) is 0 Å². The van der Waals surface area contributed by atoms with Crippen molar-refractivity contribution >= 4 is 77.7 Å². The quantitative estimate of drug-likeness (QED) is 0.175. The lowest BCUT2D eigenvalue weighted by molar-refractivity contribution is 0.0615. The Labute approximate surface area is 287 Å². The van der Waals surface area contributed by atoms with Crippen LogP contribution < -0.4 is 45.0 Å². The number of fused-ring (bicyclic) bond motifs is 8. The molecule has 0 aliphatic heterocycles. The largest absolute Gasteiger partial charge is 0.476 e. The third-order valence-electron chi connectivity index (χ3n) is 7.55. The lowest BCUT2D eigenvalue weighted by atomic mass is 10.0. The van der Waals surface area contributed by atoms with E-state index in [2.05, 4.69) is 27.6 Å². The number of hydrogen-bond acceptors (Lipinski definition) is 18. The van der Waals surface area contributed by atoms with E-state index in [0.717, 1.165) is 0 Å². The number of hydrogen-bond donors (Lipinski definition) is 4. The first kappa shape index (κ1) is 35.3. The van der Waals surface area contributed by atoms with Crippen LogP contribution in [0.2, 0.25) is 0 Å². The summed E-state index contributed by atoms with van der Waals surface area (Å²) in [5.41, 5.74) is -11.0. The van der Waals surface area contributed by atoms with Crippen LogP contribution in [0, 0.1) is 0 Å². The number of carbonyl (C=O) groups is 4. The highest BCUT2D eigenvalue weighted by Crippen LogP contribution is 2.26. The molecule has 0 unspecified atom stereocenters. The number of nitrogens with zero attached hydrogens (tertiary/aromatic N) is 2. The van der Waals surface area contributed by atoms with Crippen molar-refractivity contribution < 1.29 is 57.3 Å². The molecule has 0 saturated heterocycles. The van der Waals surface area contributed by atoms with Crippen molar-refractivity contribution in [2.75, 3.05) is 0 Å². The van der Waals surface area contributed by atoms with Crippen molar-refractivity contribution in [2.45, 2.75) is 0 Å². The Balaban J connectivity index is 0.000000139. The van der Waals surface area contributed by atoms with Crippen LogP contribution in [0.3, 0.4) is 0 Å². The highest BCUT2D eigenvalue weighted by Gasteiger charge is 2.29. The van der Waals surface area contributed by atoms with E-state index in [1.807, 2.05) is 0 Å². The molecule has 0 aliphatic carbocycles. The molecule has 0 bridgehead atoms. The summed E-state index contributed by atoms with van der Waals surface area (Å²) in [7, 11) is 0. The molecule has 268 valence electrons. The minimum absolute atomic E-state index is 0.0181. The second kappa shape index (κ2) is 12.6. The van der Waals surface area contributed by atoms with Crippen molar-refractivity contribution in [3.8, 4) is 0 Å². The standard InChI is InChI=1S/C14H4O6.C10H2O6.C8H4N2O8/c15-11-7-3-1-5-6(10(7)14(18)19-11)2-4-8-9(5)13(17)20-12(8)16;11-7-3-1-2-4-6(5(3)9(13)15-7)10(14)16-8(4)12;11-5(12)1-2(6(13)14)10-4(8(17)18)3(9-1)7(15)16/h1-4H;1-2H;(H,11,12)(H,13,14)(H,15,16)(H,17,18). The molecule has 5 heterocycles. The highest BCUT2D eigenvalue weighted by atomic mass is 16.5. The van der Waals surface area contributed by atoms with Crippen molar-refractivity contribution in [3.63, 3.8) is 0 Å². The van der Waals surface area contributed by atoms with Gasteiger partial charge in [-0.25, -0.2) is 67.5 Å². The molecule has 8 rings (SSSR count). The Morgan fingerprint density at radius 2 is 0.537 bits per heavy atom. The maximum Gasteiger partial charge on any atom is 0.357 e. The van der Waals surface area contributed by atoms with Crippen LogP contribution in [0.5, 0.6) is 0 Å². The van der Waals surface area contributed by atoms with E-state index in [9.17, 15) is 57.5 Å². The number of aromatic nitrogens is 2. The highest BCUT2D eigenvalue weighted by molar-refractivity contribution is 6.16. The van der Waals surface area contributed by atoms with Gasteiger partial charge in [-0.15, -0.1) is 0 Å². The number of carboxylic acid groups (broad SMARTS) is 4. The molecule has 0 aliphatic rings. The van der Waals surface area contributed by atoms with Gasteiger partial charge in [-0.2, -0.15) is 0 Å². The first-order valence-corrected chi connectivity index (χ1v) is 14.1. The van der Waals surface area contributed by atoms with Crippen LogP contribution in [-0.2, 0) is 0 Å². The van der Waals surface area contributed by atoms with E-state index in [4.69, 9.17) is 20.4 Å². The van der Waals surface area contributed by atoms with Crippen LogP contribution in [0.15, 0.2) is 92.4 Å². The Kier molecular flexibility index (Phi) is 8.26. The van der Waals surface area contributed by atoms with E-state index in [1.54, 1.807) is 0 Å². The Hall–Kier alpha value is -8.56. The first-order chi connectivity index (χ1) is 25.4. The molecule has 3 aromatic carbocycles. The maximum absolute atomic E-state index is 11.7. The topological polar surface area (TPSA) is 364 Å². The number of rotatable bonds is 4. The number of aromatic carboxylic acids is 4. The van der Waals surface area contributed by atoms with Gasteiger partial charge in [-0.1, -0.05) is 12.1 Å². The summed E-state index contributed by atoms with van der Waals surface area (Å²) in [6, 6.07) is 8.35. The molecule has 8 aromatic rings. The van der Waals surface area contributed by atoms with Gasteiger partial charge in [0.2, 0.25) is 0 Å². The van der Waals surface area contributed by atoms with Crippen molar-refractivity contribution in [3.05, 3.63) is 143 Å². The molecule has 0 amide bonds. The lowest BCUT2D eigenvalue weighted by Gasteiger charge is -2.04. The van der Waals surface area contributed by atoms with Gasteiger partial charge in [0.25, 0.3) is 0 Å². The van der Waals surface area contributed by atoms with E-state index < -0.39 is 91.7 Å². The van der Waals surface area contributed by atoms with Gasteiger partial charge in [0.15, 0.2) is 22.8 Å². The third kappa shape index (κ3) is 5.58. The van der Waals surface area contributed by atoms with Gasteiger partial charge >= 0.3 is 68.9 Å². The molecule has 54 heavy (non-hydrogen) atoms. The first-order valence-electron chi connectivity index (χ1n) is 14.1. The van der Waals surface area contributed by atoms with Gasteiger partial charge in [0.05, 0.1) is 43.1 Å². The van der Waals surface area contributed by atoms with Crippen molar-refractivity contribution in [2.24, 2.45) is 0 Å². The molecule has 0 saturated carbocycles. The second-order valence-electron chi connectivity index (χ2n) is 10.5. The molecule has 4 N–H and O–H groups in total. The summed E-state index contributed by atoms with van der Waals surface area (Å²) in [5.74, 6) is -7.34. The lowest BCUT2D eigenvalue weighted by Crippen LogP contribution is -2.21. The zero-order chi connectivity index (χ0) is 39.5. The molecule has 22 nitrogen and oxygen atoms in total. The minimum Gasteiger partial charge on any atom is -0.476 e. The zero-order valence-corrected chi connectivity index (χ0v) is 25.7. The average molecular weight is 742 g/mol. The molecule has 0 atom stereocenters. The fourth-order valence-electron chi connectivity index (χ4n) is 5.35. The predicted molar refractivity (Wildman–Crippen MR) is 174 cm³/mol. The summed E-state index contributed by atoms with van der Waals surface area (Å²) < 4.78 is 17.8. The van der Waals surface area contributed by atoms with Gasteiger partial charge in [0.1, 0.15) is 0 Å². The Bertz CT molecular complexity index is 3140. The van der Waals surface area contributed by atoms with E-state index in [0.29, 0.717) is 10.8 Å². The second-order valence-corrected chi connectivity index (χ2v) is 10.5. The SMILES string of the molecule is O=C(O)c1nc(C(=O)O)c(C(=O)O)nc1C(=O)O.O=c1oc(=O)c2c1ccc1c(=O)oc(=O)c12.O=c1oc(=O)c2c1ccc1c2ccc2c(=O)oc(=O)c21. The normalized spacial score (nSPS) is 11.0. The smallest absolute Gasteiger partial charge is 0.357 e. The number of benzene rings is 3. The summed E-state index contributed by atoms with van der Waals surface area (Å²) in [4.78, 5) is 140. The van der Waals surface area contributed by atoms with Gasteiger partial charge < -0.3 is 38.1 Å². The summed E-state index contributed by atoms with van der Waals surface area (Å²) in [6.07, 6.45) is 0. The van der Waals surface area contributed by atoms with Gasteiger partial charge in [-0.3, -0.25) is 0 Å².